The van der Waals surface area contributed by atoms with Gasteiger partial charge in [0.15, 0.2) is 81.3 Å². The minimum Gasteiger partial charge on any atom is -0.487 e. The number of rotatable bonds is 0. The lowest BCUT2D eigenvalue weighted by atomic mass is 10.0. The molecule has 2 unspecified atom stereocenters. The Balaban J connectivity index is 0.000000158. The maximum atomic E-state index is 13.6. The van der Waals surface area contributed by atoms with E-state index in [4.69, 9.17) is 9.47 Å². The Hall–Kier alpha value is -9.06. The number of aryl methyl sites for hydroxylation is 14. The molecule has 0 fully saturated rings. The normalized spacial score (nSPS) is 13.5. The monoisotopic (exact) mass is 1340 g/mol. The van der Waals surface area contributed by atoms with E-state index in [0.29, 0.717) is 66.1 Å². The number of ether oxygens (including phenoxy) is 2. The summed E-state index contributed by atoms with van der Waals surface area (Å²) in [6.45, 7) is 22.7. The molecular formula is C78H70F16O2. The SMILES string of the molecule is Cc1cc2c(c(F)c1F)OC(C)CC2.Cc1cc2c(c(F)c1F)OC(C)CC2.Cc1cc2ccc(C)c(F)c2c(F)c1F.Cc1cc2ccc(C)c(F)c2c(F)c1F.Cc1ccc(C)c(F)c1F.Cc1ccc2cc(C)c(F)c(F)c2c1.Cc1ccc2cc(C)c(F)c(F)c2c1. The Kier molecular flexibility index (Phi) is 24.2. The quantitative estimate of drug-likeness (QED) is 0.141. The van der Waals surface area contributed by atoms with Crippen LogP contribution in [0.15, 0.2) is 109 Å². The molecule has 11 aromatic rings. The average Bonchev–Trinajstić information content (AvgIpc) is 0.924. The maximum Gasteiger partial charge on any atom is 0.201 e. The Morgan fingerprint density at radius 3 is 0.833 bits per heavy atom. The molecule has 506 valence electrons. The summed E-state index contributed by atoms with van der Waals surface area (Å²) in [5, 5.41) is 2.43. The number of fused-ring (bicyclic) bond motifs is 6. The summed E-state index contributed by atoms with van der Waals surface area (Å²) in [4.78, 5) is 0. The predicted molar refractivity (Wildman–Crippen MR) is 348 cm³/mol. The third kappa shape index (κ3) is 16.6. The molecule has 2 aliphatic heterocycles. The third-order valence-electron chi connectivity index (χ3n) is 16.3. The summed E-state index contributed by atoms with van der Waals surface area (Å²) in [6, 6.07) is 29.6. The maximum absolute atomic E-state index is 13.6. The Morgan fingerprint density at radius 1 is 0.250 bits per heavy atom. The predicted octanol–water partition coefficient (Wildman–Crippen LogP) is 23.8. The van der Waals surface area contributed by atoms with Crippen LogP contribution in [0, 0.1) is 176 Å². The van der Waals surface area contributed by atoms with Gasteiger partial charge in [-0.05, 0) is 259 Å². The molecule has 13 rings (SSSR count). The van der Waals surface area contributed by atoms with Crippen LogP contribution in [0.2, 0.25) is 0 Å². The highest BCUT2D eigenvalue weighted by Crippen LogP contribution is 2.36. The van der Waals surface area contributed by atoms with E-state index >= 15 is 0 Å². The molecule has 0 aliphatic carbocycles. The van der Waals surface area contributed by atoms with Crippen molar-refractivity contribution in [3.8, 4) is 11.5 Å². The highest BCUT2D eigenvalue weighted by Gasteiger charge is 2.26. The van der Waals surface area contributed by atoms with Crippen LogP contribution in [0.4, 0.5) is 70.2 Å². The van der Waals surface area contributed by atoms with Crippen molar-refractivity contribution in [1.82, 2.24) is 0 Å². The fraction of sp³-hybridized carbons (Fsp3) is 0.256. The number of hydrogen-bond donors (Lipinski definition) is 0. The zero-order valence-electron chi connectivity index (χ0n) is 55.2. The molecule has 11 aromatic carbocycles. The van der Waals surface area contributed by atoms with Crippen molar-refractivity contribution in [3.63, 3.8) is 0 Å². The van der Waals surface area contributed by atoms with Crippen molar-refractivity contribution in [1.29, 1.82) is 0 Å². The minimum absolute atomic E-state index is 0.0286. The molecule has 0 bridgehead atoms. The van der Waals surface area contributed by atoms with E-state index in [1.807, 2.05) is 39.8 Å². The Labute approximate surface area is 547 Å². The summed E-state index contributed by atoms with van der Waals surface area (Å²) < 4.78 is 223. The van der Waals surface area contributed by atoms with Gasteiger partial charge in [-0.25, -0.2) is 61.5 Å². The van der Waals surface area contributed by atoms with Gasteiger partial charge in [-0.1, -0.05) is 71.8 Å². The van der Waals surface area contributed by atoms with E-state index in [2.05, 4.69) is 0 Å². The van der Waals surface area contributed by atoms with E-state index < -0.39 is 93.1 Å². The Bertz CT molecular complexity index is 4450. The summed E-state index contributed by atoms with van der Waals surface area (Å²) in [5.41, 5.74) is 6.49. The lowest BCUT2D eigenvalue weighted by molar-refractivity contribution is 0.180. The van der Waals surface area contributed by atoms with Crippen LogP contribution in [-0.4, -0.2) is 12.2 Å². The topological polar surface area (TPSA) is 18.5 Å². The first-order chi connectivity index (χ1) is 45.0. The smallest absolute Gasteiger partial charge is 0.201 e. The van der Waals surface area contributed by atoms with Gasteiger partial charge in [-0.3, -0.25) is 0 Å². The van der Waals surface area contributed by atoms with Gasteiger partial charge < -0.3 is 9.47 Å². The van der Waals surface area contributed by atoms with Crippen molar-refractivity contribution in [2.24, 2.45) is 0 Å². The lowest BCUT2D eigenvalue weighted by Crippen LogP contribution is -2.20. The molecule has 0 saturated heterocycles. The summed E-state index contributed by atoms with van der Waals surface area (Å²) >= 11 is 0. The van der Waals surface area contributed by atoms with Gasteiger partial charge in [0.2, 0.25) is 11.6 Å². The zero-order chi connectivity index (χ0) is 71.2. The van der Waals surface area contributed by atoms with Crippen LogP contribution in [0.5, 0.6) is 11.5 Å². The zero-order valence-corrected chi connectivity index (χ0v) is 55.2. The van der Waals surface area contributed by atoms with Crippen molar-refractivity contribution in [2.45, 2.75) is 135 Å². The Morgan fingerprint density at radius 2 is 0.500 bits per heavy atom. The van der Waals surface area contributed by atoms with Crippen molar-refractivity contribution >= 4 is 43.1 Å². The van der Waals surface area contributed by atoms with Crippen LogP contribution in [0.1, 0.15) is 105 Å². The fourth-order valence-electron chi connectivity index (χ4n) is 10.6. The number of halogens is 16. The molecule has 0 N–H and O–H groups in total. The van der Waals surface area contributed by atoms with Gasteiger partial charge in [0.25, 0.3) is 0 Å². The fourth-order valence-corrected chi connectivity index (χ4v) is 10.6. The molecular weight excluding hydrogens is 1270 g/mol. The van der Waals surface area contributed by atoms with Crippen molar-refractivity contribution in [2.75, 3.05) is 0 Å². The first kappa shape index (κ1) is 74.3. The molecule has 2 atom stereocenters. The van der Waals surface area contributed by atoms with E-state index in [9.17, 15) is 70.2 Å². The standard InChI is InChI=1S/2C12H9F3.2C12H10F2.2C11H12F2O.C8H8F2/c2*1-6-3-4-8-5-7(2)11(14)12(15)9(8)10(6)13;2*1-7-3-4-9-6-8(2)11(13)12(14)10(9)5-7;2*1-6-5-8-4-3-7(2)14-11(8)10(13)9(6)12;1-5-3-4-6(2)8(10)7(5)9/h2*3-5H,1-2H3;2*3-6H,1-2H3;2*5,7H,3-4H2,1-2H3;3-4H,1-2H3. The molecule has 18 heteroatoms. The molecule has 96 heavy (non-hydrogen) atoms. The van der Waals surface area contributed by atoms with Crippen LogP contribution in [0.25, 0.3) is 43.1 Å². The van der Waals surface area contributed by atoms with E-state index in [-0.39, 0.29) is 45.6 Å². The van der Waals surface area contributed by atoms with E-state index in [1.165, 1.54) is 53.7 Å². The van der Waals surface area contributed by atoms with Crippen LogP contribution < -0.4 is 9.47 Å². The number of hydrogen-bond acceptors (Lipinski definition) is 2. The van der Waals surface area contributed by atoms with E-state index in [0.717, 1.165) is 58.7 Å². The number of benzene rings is 11. The second-order valence-corrected chi connectivity index (χ2v) is 24.2. The first-order valence-corrected chi connectivity index (χ1v) is 30.5. The highest BCUT2D eigenvalue weighted by atomic mass is 19.2. The average molecular weight is 1340 g/mol. The highest BCUT2D eigenvalue weighted by molar-refractivity contribution is 5.87. The van der Waals surface area contributed by atoms with Crippen LogP contribution >= 0.6 is 0 Å². The lowest BCUT2D eigenvalue weighted by Gasteiger charge is -2.24. The van der Waals surface area contributed by atoms with Gasteiger partial charge >= 0.3 is 0 Å². The summed E-state index contributed by atoms with van der Waals surface area (Å²) in [7, 11) is 0. The van der Waals surface area contributed by atoms with E-state index in [1.54, 1.807) is 113 Å². The molecule has 2 aliphatic rings. The van der Waals surface area contributed by atoms with Gasteiger partial charge in [0.1, 0.15) is 11.6 Å². The first-order valence-electron chi connectivity index (χ1n) is 30.5. The second kappa shape index (κ2) is 31.2. The molecule has 0 saturated carbocycles. The van der Waals surface area contributed by atoms with Crippen molar-refractivity contribution < 1.29 is 79.7 Å². The van der Waals surface area contributed by atoms with Gasteiger partial charge in [0.05, 0.1) is 23.0 Å². The van der Waals surface area contributed by atoms with Gasteiger partial charge in [0, 0.05) is 10.8 Å². The molecule has 0 spiro atoms. The van der Waals surface area contributed by atoms with Crippen LogP contribution in [-0.2, 0) is 12.8 Å². The third-order valence-corrected chi connectivity index (χ3v) is 16.3. The summed E-state index contributed by atoms with van der Waals surface area (Å²) in [5.74, 6) is -13.1. The van der Waals surface area contributed by atoms with Crippen LogP contribution in [0.3, 0.4) is 0 Å². The molecule has 0 amide bonds. The summed E-state index contributed by atoms with van der Waals surface area (Å²) in [6.07, 6.45) is 3.18. The second-order valence-electron chi connectivity index (χ2n) is 24.2. The molecule has 0 radical (unpaired) electrons. The van der Waals surface area contributed by atoms with Gasteiger partial charge in [-0.15, -0.1) is 0 Å². The molecule has 2 heterocycles. The van der Waals surface area contributed by atoms with Gasteiger partial charge in [-0.2, -0.15) is 8.78 Å². The minimum atomic E-state index is -1.11. The largest absolute Gasteiger partial charge is 0.487 e. The molecule has 0 aromatic heterocycles. The molecule has 2 nitrogen and oxygen atoms in total. The van der Waals surface area contributed by atoms with Crippen molar-refractivity contribution in [3.05, 3.63) is 280 Å².